The van der Waals surface area contributed by atoms with Crippen LogP contribution in [0.5, 0.6) is 5.88 Å². The Kier molecular flexibility index (Phi) is 6.42. The molecular weight excluding hydrogens is 487 g/mol. The average Bonchev–Trinajstić information content (AvgIpc) is 3.30. The molecule has 2 N–H and O–H groups in total. The number of hydrogen-bond donors (Lipinski definition) is 1. The van der Waals surface area contributed by atoms with Crippen molar-refractivity contribution in [2.24, 2.45) is 0 Å². The molecule has 0 bridgehead atoms. The van der Waals surface area contributed by atoms with Crippen molar-refractivity contribution in [1.82, 2.24) is 29.4 Å². The minimum Gasteiger partial charge on any atom is -0.480 e. The number of nitrogens with two attached hydrogens (primary N) is 1. The Bertz CT molecular complexity index is 1440. The minimum atomic E-state index is -4.68. The van der Waals surface area contributed by atoms with Gasteiger partial charge in [0.2, 0.25) is 5.88 Å². The van der Waals surface area contributed by atoms with E-state index in [4.69, 9.17) is 10.5 Å². The van der Waals surface area contributed by atoms with E-state index in [1.54, 1.807) is 4.90 Å². The van der Waals surface area contributed by atoms with Gasteiger partial charge in [0.25, 0.3) is 5.91 Å². The van der Waals surface area contributed by atoms with Gasteiger partial charge in [-0.2, -0.15) is 18.3 Å². The normalized spacial score (nSPS) is 14.8. The predicted octanol–water partition coefficient (Wildman–Crippen LogP) is 3.71. The molecule has 1 aliphatic heterocycles. The van der Waals surface area contributed by atoms with Gasteiger partial charge in [-0.15, -0.1) is 0 Å². The molecule has 0 aliphatic carbocycles. The van der Waals surface area contributed by atoms with Gasteiger partial charge in [0.15, 0.2) is 5.82 Å². The molecule has 0 saturated carbocycles. The van der Waals surface area contributed by atoms with Crippen molar-refractivity contribution in [1.29, 1.82) is 0 Å². The third-order valence-corrected chi connectivity index (χ3v) is 6.27. The molecule has 0 atom stereocenters. The first-order valence-electron chi connectivity index (χ1n) is 11.6. The van der Waals surface area contributed by atoms with Gasteiger partial charge in [-0.05, 0) is 24.1 Å². The van der Waals surface area contributed by atoms with Gasteiger partial charge >= 0.3 is 6.18 Å². The molecular formula is C25H24F3N7O2. The fraction of sp³-hybridized carbons (Fsp3) is 0.280. The smallest absolute Gasteiger partial charge is 0.418 e. The fourth-order valence-corrected chi connectivity index (χ4v) is 4.57. The topological polar surface area (TPSA) is 102 Å². The van der Waals surface area contributed by atoms with Crippen LogP contribution < -0.4 is 10.5 Å². The highest BCUT2D eigenvalue weighted by atomic mass is 19.4. The van der Waals surface area contributed by atoms with Crippen LogP contribution in [0.3, 0.4) is 0 Å². The number of hydrogen-bond acceptors (Lipinski definition) is 7. The Morgan fingerprint density at radius 2 is 1.92 bits per heavy atom. The first-order valence-corrected chi connectivity index (χ1v) is 11.6. The van der Waals surface area contributed by atoms with Crippen LogP contribution in [0, 0.1) is 0 Å². The maximum atomic E-state index is 13.8. The monoisotopic (exact) mass is 511 g/mol. The number of fused-ring (bicyclic) bond motifs is 1. The molecule has 3 aromatic heterocycles. The van der Waals surface area contributed by atoms with Crippen LogP contribution in [-0.4, -0.2) is 62.2 Å². The number of methoxy groups -OCH3 is 1. The summed E-state index contributed by atoms with van der Waals surface area (Å²) in [4.78, 5) is 25.4. The molecule has 0 spiro atoms. The number of halogens is 3. The van der Waals surface area contributed by atoms with Gasteiger partial charge in [0.1, 0.15) is 17.4 Å². The molecule has 12 heteroatoms. The molecule has 4 heterocycles. The molecule has 1 fully saturated rings. The number of amides is 1. The van der Waals surface area contributed by atoms with E-state index in [0.29, 0.717) is 19.8 Å². The first-order chi connectivity index (χ1) is 17.8. The first kappa shape index (κ1) is 24.5. The van der Waals surface area contributed by atoms with E-state index in [2.05, 4.69) is 20.0 Å². The zero-order valence-corrected chi connectivity index (χ0v) is 19.9. The number of nitrogen functional groups attached to an aromatic ring is 1. The van der Waals surface area contributed by atoms with Crippen LogP contribution in [0.25, 0.3) is 16.8 Å². The largest absolute Gasteiger partial charge is 0.480 e. The van der Waals surface area contributed by atoms with Crippen molar-refractivity contribution >= 4 is 17.2 Å². The molecule has 4 aromatic rings. The van der Waals surface area contributed by atoms with Gasteiger partial charge < -0.3 is 15.4 Å². The maximum Gasteiger partial charge on any atom is 0.418 e. The van der Waals surface area contributed by atoms with E-state index in [9.17, 15) is 18.0 Å². The number of carbonyl (C=O) groups is 1. The van der Waals surface area contributed by atoms with Crippen LogP contribution >= 0.6 is 0 Å². The van der Waals surface area contributed by atoms with E-state index < -0.39 is 11.7 Å². The molecule has 1 amide bonds. The van der Waals surface area contributed by atoms with E-state index >= 15 is 0 Å². The van der Waals surface area contributed by atoms with Gasteiger partial charge in [-0.3, -0.25) is 9.69 Å². The lowest BCUT2D eigenvalue weighted by Gasteiger charge is -2.35. The van der Waals surface area contributed by atoms with Crippen LogP contribution in [0.4, 0.5) is 19.0 Å². The summed E-state index contributed by atoms with van der Waals surface area (Å²) in [6.07, 6.45) is -1.49. The summed E-state index contributed by atoms with van der Waals surface area (Å²) in [6, 6.07) is 12.4. The Balaban J connectivity index is 1.49. The number of pyridine rings is 1. The second-order valence-corrected chi connectivity index (χ2v) is 8.73. The summed E-state index contributed by atoms with van der Waals surface area (Å²) < 4.78 is 47.7. The summed E-state index contributed by atoms with van der Waals surface area (Å²) >= 11 is 0. The second-order valence-electron chi connectivity index (χ2n) is 8.73. The number of alkyl halides is 3. The highest BCUT2D eigenvalue weighted by Crippen LogP contribution is 2.39. The van der Waals surface area contributed by atoms with Crippen molar-refractivity contribution in [2.75, 3.05) is 32.6 Å². The Morgan fingerprint density at radius 1 is 1.14 bits per heavy atom. The number of nitrogens with zero attached hydrogens (tertiary/aromatic N) is 6. The van der Waals surface area contributed by atoms with Crippen molar-refractivity contribution in [3.8, 4) is 17.1 Å². The Hall–Kier alpha value is -4.19. The number of ether oxygens (including phenoxy) is 1. The van der Waals surface area contributed by atoms with Gasteiger partial charge in [-0.1, -0.05) is 30.3 Å². The lowest BCUT2D eigenvalue weighted by molar-refractivity contribution is -0.136. The number of benzene rings is 1. The lowest BCUT2D eigenvalue weighted by atomic mass is 10.1. The molecule has 1 aromatic carbocycles. The molecule has 0 radical (unpaired) electrons. The van der Waals surface area contributed by atoms with E-state index in [1.807, 2.05) is 30.3 Å². The maximum absolute atomic E-state index is 13.8. The zero-order valence-electron chi connectivity index (χ0n) is 19.9. The predicted molar refractivity (Wildman–Crippen MR) is 130 cm³/mol. The van der Waals surface area contributed by atoms with Crippen LogP contribution in [-0.2, 0) is 12.7 Å². The molecule has 192 valence electrons. The van der Waals surface area contributed by atoms with E-state index in [1.165, 1.54) is 19.4 Å². The van der Waals surface area contributed by atoms with Crippen LogP contribution in [0.15, 0.2) is 55.0 Å². The third kappa shape index (κ3) is 4.79. The summed E-state index contributed by atoms with van der Waals surface area (Å²) in [5, 5.41) is 3.97. The standard InChI is InChI=1S/C25H24F3N7O2/c1-37-23-18(24(36)34-9-5-8-33(15-34)13-16-6-3-2-4-7-16)10-17(12-30-23)20-11-19(25(26,27)28)21-22(29)31-14-32-35(20)21/h2-4,6-7,10-12,14H,5,8-9,13,15H2,1H3,(H2,29,31,32). The van der Waals surface area contributed by atoms with Crippen molar-refractivity contribution in [3.05, 3.63) is 71.7 Å². The molecule has 1 saturated heterocycles. The van der Waals surface area contributed by atoms with Gasteiger partial charge in [0.05, 0.1) is 25.0 Å². The number of rotatable bonds is 5. The van der Waals surface area contributed by atoms with E-state index in [0.717, 1.165) is 35.4 Å². The van der Waals surface area contributed by atoms with Crippen molar-refractivity contribution in [3.63, 3.8) is 0 Å². The zero-order chi connectivity index (χ0) is 26.2. The Morgan fingerprint density at radius 3 is 2.65 bits per heavy atom. The van der Waals surface area contributed by atoms with Crippen molar-refractivity contribution < 1.29 is 22.7 Å². The quantitative estimate of drug-likeness (QED) is 0.436. The summed E-state index contributed by atoms with van der Waals surface area (Å²) in [7, 11) is 1.39. The lowest BCUT2D eigenvalue weighted by Crippen LogP contribution is -2.47. The molecule has 1 aliphatic rings. The third-order valence-electron chi connectivity index (χ3n) is 6.27. The van der Waals surface area contributed by atoms with Crippen molar-refractivity contribution in [2.45, 2.75) is 19.1 Å². The average molecular weight is 512 g/mol. The minimum absolute atomic E-state index is 0.0741. The molecule has 0 unspecified atom stereocenters. The Labute approximate surface area is 210 Å². The van der Waals surface area contributed by atoms with Gasteiger partial charge in [0, 0.05) is 31.4 Å². The number of anilines is 1. The number of carbonyl (C=O) groups excluding carboxylic acids is 1. The SMILES string of the molecule is COc1ncc(-c2cc(C(F)(F)F)c3c(N)ncnn23)cc1C(=O)N1CCCN(Cc2ccccc2)C1. The fourth-order valence-electron chi connectivity index (χ4n) is 4.57. The van der Waals surface area contributed by atoms with E-state index in [-0.39, 0.29) is 39.9 Å². The van der Waals surface area contributed by atoms with Gasteiger partial charge in [-0.25, -0.2) is 14.5 Å². The summed E-state index contributed by atoms with van der Waals surface area (Å²) in [5.74, 6) is -0.548. The molecule has 9 nitrogen and oxygen atoms in total. The van der Waals surface area contributed by atoms with Crippen LogP contribution in [0.1, 0.15) is 27.9 Å². The van der Waals surface area contributed by atoms with Crippen LogP contribution in [0.2, 0.25) is 0 Å². The molecule has 37 heavy (non-hydrogen) atoms. The second kappa shape index (κ2) is 9.69. The summed E-state index contributed by atoms with van der Waals surface area (Å²) in [5.41, 5.74) is 6.04. The highest BCUT2D eigenvalue weighted by Gasteiger charge is 2.37. The summed E-state index contributed by atoms with van der Waals surface area (Å²) in [6.45, 7) is 2.47. The molecule has 5 rings (SSSR count). The number of aromatic nitrogens is 4. The highest BCUT2D eigenvalue weighted by molar-refractivity contribution is 5.97.